The molecule has 0 radical (unpaired) electrons. The largest absolute Gasteiger partial charge is 0.485 e. The minimum atomic E-state index is 0.0953. The third-order valence-electron chi connectivity index (χ3n) is 7.28. The molecule has 3 nitrogen and oxygen atoms in total. The van der Waals surface area contributed by atoms with E-state index in [1.54, 1.807) is 11.8 Å². The van der Waals surface area contributed by atoms with Crippen LogP contribution in [-0.2, 0) is 6.42 Å². The van der Waals surface area contributed by atoms with Crippen LogP contribution in [0.25, 0.3) is 0 Å². The van der Waals surface area contributed by atoms with Crippen molar-refractivity contribution in [2.24, 2.45) is 17.6 Å². The molecule has 5 unspecified atom stereocenters. The molecule has 3 aliphatic rings. The number of fused-ring (bicyclic) bond motifs is 1. The normalized spacial score (nSPS) is 29.3. The zero-order valence-corrected chi connectivity index (χ0v) is 19.2. The molecule has 1 aliphatic heterocycles. The van der Waals surface area contributed by atoms with Crippen LogP contribution in [0.15, 0.2) is 71.7 Å². The number of nitriles is 1. The van der Waals surface area contributed by atoms with E-state index < -0.39 is 0 Å². The molecule has 2 aromatic rings. The van der Waals surface area contributed by atoms with Crippen molar-refractivity contribution in [3.63, 3.8) is 0 Å². The first-order valence-electron chi connectivity index (χ1n) is 11.7. The number of thioether (sulfide) groups is 1. The van der Waals surface area contributed by atoms with E-state index in [2.05, 4.69) is 61.2 Å². The summed E-state index contributed by atoms with van der Waals surface area (Å²) >= 11 is 1.65. The molecule has 0 bridgehead atoms. The lowest BCUT2D eigenvalue weighted by Crippen LogP contribution is -2.29. The highest BCUT2D eigenvalue weighted by Crippen LogP contribution is 2.47. The highest BCUT2D eigenvalue weighted by Gasteiger charge is 2.36. The van der Waals surface area contributed by atoms with Crippen molar-refractivity contribution >= 4 is 11.8 Å². The summed E-state index contributed by atoms with van der Waals surface area (Å²) < 4.78 is 6.64. The number of ether oxygens (including phenoxy) is 1. The van der Waals surface area contributed by atoms with Crippen LogP contribution in [0.1, 0.15) is 60.1 Å². The summed E-state index contributed by atoms with van der Waals surface area (Å²) in [5, 5.41) is 11.3. The Morgan fingerprint density at radius 3 is 2.69 bits per heavy atom. The Morgan fingerprint density at radius 1 is 1.12 bits per heavy atom. The van der Waals surface area contributed by atoms with E-state index in [9.17, 15) is 5.26 Å². The van der Waals surface area contributed by atoms with Crippen molar-refractivity contribution in [1.82, 2.24) is 0 Å². The summed E-state index contributed by atoms with van der Waals surface area (Å²) in [4.78, 5) is 0. The number of allylic oxidation sites excluding steroid dienone is 1. The zero-order chi connectivity index (χ0) is 22.1. The summed E-state index contributed by atoms with van der Waals surface area (Å²) in [6.07, 6.45) is 7.24. The van der Waals surface area contributed by atoms with Crippen molar-refractivity contribution in [3.8, 4) is 11.8 Å². The second kappa shape index (κ2) is 9.17. The van der Waals surface area contributed by atoms with Gasteiger partial charge in [0.05, 0.1) is 16.9 Å². The summed E-state index contributed by atoms with van der Waals surface area (Å²) in [6, 6.07) is 19.7. The summed E-state index contributed by atoms with van der Waals surface area (Å²) in [7, 11) is 0. The highest BCUT2D eigenvalue weighted by molar-refractivity contribution is 8.02. The van der Waals surface area contributed by atoms with Crippen molar-refractivity contribution < 1.29 is 4.74 Å². The lowest BCUT2D eigenvalue weighted by molar-refractivity contribution is 0.122. The van der Waals surface area contributed by atoms with Gasteiger partial charge in [0, 0.05) is 12.0 Å². The lowest BCUT2D eigenvalue weighted by atomic mass is 9.79. The van der Waals surface area contributed by atoms with Gasteiger partial charge in [0.25, 0.3) is 0 Å². The standard InChI is InChI=1S/C28H30N2OS/c1-18-23(16-29)17-32-28(18)20-9-11-25(12-10-20)31-27-22(13-19-5-4-7-24(30)14-19)15-21-6-2-3-8-26(21)27/h2-3,6,8-12,17,19,22,24,27-28H,1,4-5,7,13-15,30H2. The molecular formula is C28H30N2OS. The van der Waals surface area contributed by atoms with E-state index in [0.717, 1.165) is 29.7 Å². The molecule has 164 valence electrons. The maximum absolute atomic E-state index is 9.22. The van der Waals surface area contributed by atoms with E-state index in [0.29, 0.717) is 23.5 Å². The first-order valence-corrected chi connectivity index (χ1v) is 12.6. The van der Waals surface area contributed by atoms with Crippen LogP contribution in [0.2, 0.25) is 0 Å². The average molecular weight is 443 g/mol. The molecule has 0 spiro atoms. The molecule has 5 atom stereocenters. The molecule has 5 rings (SSSR count). The van der Waals surface area contributed by atoms with Crippen LogP contribution in [-0.4, -0.2) is 6.04 Å². The van der Waals surface area contributed by atoms with E-state index in [4.69, 9.17) is 10.5 Å². The van der Waals surface area contributed by atoms with Crippen LogP contribution >= 0.6 is 11.8 Å². The number of benzene rings is 2. The topological polar surface area (TPSA) is 59.0 Å². The van der Waals surface area contributed by atoms with E-state index in [1.807, 2.05) is 5.41 Å². The Morgan fingerprint density at radius 2 is 1.94 bits per heavy atom. The Labute approximate surface area is 195 Å². The van der Waals surface area contributed by atoms with Crippen LogP contribution in [0.4, 0.5) is 0 Å². The number of hydrogen-bond donors (Lipinski definition) is 1. The Balaban J connectivity index is 1.32. The number of nitrogens with two attached hydrogens (primary N) is 1. The van der Waals surface area contributed by atoms with Gasteiger partial charge in [-0.1, -0.05) is 55.8 Å². The smallest absolute Gasteiger partial charge is 0.127 e. The van der Waals surface area contributed by atoms with Crippen LogP contribution in [0.3, 0.4) is 0 Å². The second-order valence-electron chi connectivity index (χ2n) is 9.48. The minimum Gasteiger partial charge on any atom is -0.485 e. The Kier molecular flexibility index (Phi) is 6.13. The fourth-order valence-electron chi connectivity index (χ4n) is 5.66. The third-order valence-corrected chi connectivity index (χ3v) is 8.48. The van der Waals surface area contributed by atoms with Gasteiger partial charge in [0.1, 0.15) is 11.9 Å². The van der Waals surface area contributed by atoms with Gasteiger partial charge < -0.3 is 10.5 Å². The van der Waals surface area contributed by atoms with Gasteiger partial charge >= 0.3 is 0 Å². The molecule has 1 heterocycles. The maximum atomic E-state index is 9.22. The lowest BCUT2D eigenvalue weighted by Gasteiger charge is -2.31. The van der Waals surface area contributed by atoms with Crippen molar-refractivity contribution in [2.45, 2.75) is 55.9 Å². The molecule has 0 aromatic heterocycles. The van der Waals surface area contributed by atoms with Gasteiger partial charge in [-0.05, 0) is 71.4 Å². The summed E-state index contributed by atoms with van der Waals surface area (Å²) in [6.45, 7) is 4.11. The second-order valence-corrected chi connectivity index (χ2v) is 10.5. The molecule has 2 aliphatic carbocycles. The molecule has 2 N–H and O–H groups in total. The monoisotopic (exact) mass is 442 g/mol. The first kappa shape index (κ1) is 21.4. The average Bonchev–Trinajstić information content (AvgIpc) is 3.34. The SMILES string of the molecule is C=C1C(C#N)=CSC1c1ccc(OC2c3ccccc3CC2CC2CCCC(N)C2)cc1. The van der Waals surface area contributed by atoms with Gasteiger partial charge in [0.15, 0.2) is 0 Å². The van der Waals surface area contributed by atoms with Gasteiger partial charge in [-0.15, -0.1) is 11.8 Å². The Hall–Kier alpha value is -2.48. The minimum absolute atomic E-state index is 0.0953. The molecule has 4 heteroatoms. The molecule has 0 saturated heterocycles. The summed E-state index contributed by atoms with van der Waals surface area (Å²) in [5.74, 6) is 2.11. The summed E-state index contributed by atoms with van der Waals surface area (Å²) in [5.41, 5.74) is 11.8. The fraction of sp³-hybridized carbons (Fsp3) is 0.393. The Bertz CT molecular complexity index is 1070. The number of hydrogen-bond acceptors (Lipinski definition) is 4. The predicted molar refractivity (Wildman–Crippen MR) is 131 cm³/mol. The highest BCUT2D eigenvalue weighted by atomic mass is 32.2. The number of rotatable bonds is 5. The molecule has 32 heavy (non-hydrogen) atoms. The van der Waals surface area contributed by atoms with Crippen molar-refractivity contribution in [2.75, 3.05) is 0 Å². The van der Waals surface area contributed by atoms with E-state index in [1.165, 1.54) is 36.8 Å². The van der Waals surface area contributed by atoms with Gasteiger partial charge in [-0.25, -0.2) is 0 Å². The van der Waals surface area contributed by atoms with Crippen LogP contribution in [0.5, 0.6) is 5.75 Å². The predicted octanol–water partition coefficient (Wildman–Crippen LogP) is 6.64. The van der Waals surface area contributed by atoms with Gasteiger partial charge in [0.2, 0.25) is 0 Å². The molecule has 1 fully saturated rings. The molecule has 2 aromatic carbocycles. The van der Waals surface area contributed by atoms with Crippen LogP contribution < -0.4 is 10.5 Å². The third kappa shape index (κ3) is 4.25. The molecular weight excluding hydrogens is 412 g/mol. The molecule has 1 saturated carbocycles. The zero-order valence-electron chi connectivity index (χ0n) is 18.4. The van der Waals surface area contributed by atoms with Crippen LogP contribution in [0, 0.1) is 23.2 Å². The van der Waals surface area contributed by atoms with Gasteiger partial charge in [-0.2, -0.15) is 5.26 Å². The van der Waals surface area contributed by atoms with Crippen molar-refractivity contribution in [1.29, 1.82) is 5.26 Å². The van der Waals surface area contributed by atoms with Gasteiger partial charge in [-0.3, -0.25) is 0 Å². The fourth-order valence-corrected chi connectivity index (χ4v) is 6.75. The van der Waals surface area contributed by atoms with E-state index >= 15 is 0 Å². The first-order chi connectivity index (χ1) is 15.6. The van der Waals surface area contributed by atoms with E-state index in [-0.39, 0.29) is 11.4 Å². The quantitative estimate of drug-likeness (QED) is 0.564. The van der Waals surface area contributed by atoms with Crippen molar-refractivity contribution in [3.05, 3.63) is 88.4 Å². The number of nitrogens with zero attached hydrogens (tertiary/aromatic N) is 1. The molecule has 0 amide bonds. The maximum Gasteiger partial charge on any atom is 0.127 e.